The van der Waals surface area contributed by atoms with Crippen LogP contribution in [-0.4, -0.2) is 17.0 Å². The van der Waals surface area contributed by atoms with Crippen molar-refractivity contribution in [2.24, 2.45) is 0 Å². The first-order chi connectivity index (χ1) is 8.99. The van der Waals surface area contributed by atoms with E-state index in [4.69, 9.17) is 5.73 Å². The van der Waals surface area contributed by atoms with E-state index in [1.807, 2.05) is 18.9 Å². The van der Waals surface area contributed by atoms with Crippen LogP contribution in [0, 0.1) is 13.8 Å². The maximum atomic E-state index is 5.83. The second kappa shape index (κ2) is 5.26. The van der Waals surface area contributed by atoms with Crippen LogP contribution in [0.4, 0.5) is 17.3 Å². The number of nitrogen functional groups attached to an aromatic ring is 1. The van der Waals surface area contributed by atoms with Crippen molar-refractivity contribution >= 4 is 17.3 Å². The lowest BCUT2D eigenvalue weighted by atomic mass is 10.1. The number of benzene rings is 1. The van der Waals surface area contributed by atoms with E-state index in [0.717, 1.165) is 23.8 Å². The highest BCUT2D eigenvalue weighted by molar-refractivity contribution is 5.62. The molecule has 0 aliphatic rings. The zero-order valence-corrected chi connectivity index (χ0v) is 11.9. The van der Waals surface area contributed by atoms with Crippen LogP contribution in [-0.2, 0) is 6.42 Å². The Morgan fingerprint density at radius 2 is 1.68 bits per heavy atom. The smallest absolute Gasteiger partial charge is 0.138 e. The number of aryl methyl sites for hydroxylation is 3. The average Bonchev–Trinajstić information content (AvgIpc) is 2.35. The summed E-state index contributed by atoms with van der Waals surface area (Å²) < 4.78 is 0. The molecule has 1 aromatic heterocycles. The molecule has 19 heavy (non-hydrogen) atoms. The largest absolute Gasteiger partial charge is 0.384 e. The normalized spacial score (nSPS) is 10.5. The highest BCUT2D eigenvalue weighted by Crippen LogP contribution is 2.25. The van der Waals surface area contributed by atoms with E-state index >= 15 is 0 Å². The molecule has 0 saturated heterocycles. The van der Waals surface area contributed by atoms with Gasteiger partial charge in [-0.15, -0.1) is 0 Å². The SMILES string of the molecule is CCc1nc(N)cc(N(C)c2cc(C)cc(C)c2)n1. The molecule has 0 aliphatic heterocycles. The van der Waals surface area contributed by atoms with Crippen molar-refractivity contribution in [1.82, 2.24) is 9.97 Å². The van der Waals surface area contributed by atoms with Crippen molar-refractivity contribution in [2.75, 3.05) is 17.7 Å². The Kier molecular flexibility index (Phi) is 3.69. The monoisotopic (exact) mass is 256 g/mol. The molecule has 2 N–H and O–H groups in total. The van der Waals surface area contributed by atoms with Crippen LogP contribution in [0.25, 0.3) is 0 Å². The van der Waals surface area contributed by atoms with Gasteiger partial charge in [0.1, 0.15) is 17.5 Å². The Labute approximate surface area is 114 Å². The van der Waals surface area contributed by atoms with Gasteiger partial charge in [-0.3, -0.25) is 0 Å². The van der Waals surface area contributed by atoms with Crippen molar-refractivity contribution in [2.45, 2.75) is 27.2 Å². The zero-order chi connectivity index (χ0) is 14.0. The van der Waals surface area contributed by atoms with Crippen LogP contribution in [0.2, 0.25) is 0 Å². The van der Waals surface area contributed by atoms with E-state index in [1.165, 1.54) is 11.1 Å². The van der Waals surface area contributed by atoms with E-state index in [0.29, 0.717) is 5.82 Å². The molecule has 0 unspecified atom stereocenters. The highest BCUT2D eigenvalue weighted by atomic mass is 15.2. The molecule has 0 atom stereocenters. The van der Waals surface area contributed by atoms with Gasteiger partial charge in [-0.2, -0.15) is 0 Å². The quantitative estimate of drug-likeness (QED) is 0.917. The third-order valence-corrected chi connectivity index (χ3v) is 3.03. The molecule has 1 heterocycles. The summed E-state index contributed by atoms with van der Waals surface area (Å²) in [5, 5.41) is 0. The number of nitrogens with two attached hydrogens (primary N) is 1. The van der Waals surface area contributed by atoms with E-state index in [1.54, 1.807) is 6.07 Å². The fourth-order valence-electron chi connectivity index (χ4n) is 2.11. The van der Waals surface area contributed by atoms with Crippen molar-refractivity contribution in [1.29, 1.82) is 0 Å². The Bertz CT molecular complexity index is 572. The van der Waals surface area contributed by atoms with Crippen LogP contribution < -0.4 is 10.6 Å². The molecule has 0 amide bonds. The standard InChI is InChI=1S/C15H20N4/c1-5-14-17-13(16)9-15(18-14)19(4)12-7-10(2)6-11(3)8-12/h6-9H,5H2,1-4H3,(H2,16,17,18). The second-order valence-corrected chi connectivity index (χ2v) is 4.83. The zero-order valence-electron chi connectivity index (χ0n) is 11.9. The first-order valence-corrected chi connectivity index (χ1v) is 6.45. The Hall–Kier alpha value is -2.10. The highest BCUT2D eigenvalue weighted by Gasteiger charge is 2.09. The molecule has 0 radical (unpaired) electrons. The molecule has 2 aromatic rings. The summed E-state index contributed by atoms with van der Waals surface area (Å²) >= 11 is 0. The molecule has 4 heteroatoms. The molecule has 0 spiro atoms. The van der Waals surface area contributed by atoms with E-state index in [-0.39, 0.29) is 0 Å². The molecule has 100 valence electrons. The number of aromatic nitrogens is 2. The minimum atomic E-state index is 0.512. The molecule has 0 saturated carbocycles. The van der Waals surface area contributed by atoms with Crippen molar-refractivity contribution in [3.63, 3.8) is 0 Å². The first-order valence-electron chi connectivity index (χ1n) is 6.45. The average molecular weight is 256 g/mol. The topological polar surface area (TPSA) is 55.0 Å². The predicted molar refractivity (Wildman–Crippen MR) is 79.8 cm³/mol. The second-order valence-electron chi connectivity index (χ2n) is 4.83. The third-order valence-electron chi connectivity index (χ3n) is 3.03. The molecular formula is C15H20N4. The van der Waals surface area contributed by atoms with Crippen LogP contribution in [0.3, 0.4) is 0 Å². The van der Waals surface area contributed by atoms with Gasteiger partial charge < -0.3 is 10.6 Å². The maximum absolute atomic E-state index is 5.83. The summed E-state index contributed by atoms with van der Waals surface area (Å²) in [5.41, 5.74) is 9.41. The fourth-order valence-corrected chi connectivity index (χ4v) is 2.11. The summed E-state index contributed by atoms with van der Waals surface area (Å²) in [7, 11) is 2.00. The van der Waals surface area contributed by atoms with Gasteiger partial charge in [-0.1, -0.05) is 13.0 Å². The van der Waals surface area contributed by atoms with E-state index in [2.05, 4.69) is 42.0 Å². The van der Waals surface area contributed by atoms with Gasteiger partial charge in [0.05, 0.1) is 0 Å². The number of rotatable bonds is 3. The minimum Gasteiger partial charge on any atom is -0.384 e. The van der Waals surface area contributed by atoms with Gasteiger partial charge >= 0.3 is 0 Å². The fraction of sp³-hybridized carbons (Fsp3) is 0.333. The summed E-state index contributed by atoms with van der Waals surface area (Å²) in [6.07, 6.45) is 0.777. The Morgan fingerprint density at radius 3 is 2.26 bits per heavy atom. The summed E-state index contributed by atoms with van der Waals surface area (Å²) in [5.74, 6) is 2.11. The first kappa shape index (κ1) is 13.3. The van der Waals surface area contributed by atoms with E-state index in [9.17, 15) is 0 Å². The lowest BCUT2D eigenvalue weighted by Gasteiger charge is -2.20. The van der Waals surface area contributed by atoms with Crippen molar-refractivity contribution in [3.05, 3.63) is 41.2 Å². The number of hydrogen-bond donors (Lipinski definition) is 1. The number of hydrogen-bond acceptors (Lipinski definition) is 4. The van der Waals surface area contributed by atoms with Crippen LogP contribution >= 0.6 is 0 Å². The van der Waals surface area contributed by atoms with Gasteiger partial charge in [0.15, 0.2) is 0 Å². The summed E-state index contributed by atoms with van der Waals surface area (Å²) in [6, 6.07) is 8.23. The van der Waals surface area contributed by atoms with Gasteiger partial charge in [0, 0.05) is 25.2 Å². The molecule has 1 aromatic carbocycles. The van der Waals surface area contributed by atoms with Crippen LogP contribution in [0.1, 0.15) is 23.9 Å². The van der Waals surface area contributed by atoms with Crippen molar-refractivity contribution in [3.8, 4) is 0 Å². The summed E-state index contributed by atoms with van der Waals surface area (Å²) in [4.78, 5) is 10.8. The van der Waals surface area contributed by atoms with E-state index < -0.39 is 0 Å². The lowest BCUT2D eigenvalue weighted by Crippen LogP contribution is -2.14. The molecular weight excluding hydrogens is 236 g/mol. The van der Waals surface area contributed by atoms with Crippen LogP contribution in [0.5, 0.6) is 0 Å². The van der Waals surface area contributed by atoms with Gasteiger partial charge in [-0.25, -0.2) is 9.97 Å². The summed E-state index contributed by atoms with van der Waals surface area (Å²) in [6.45, 7) is 6.21. The van der Waals surface area contributed by atoms with Crippen molar-refractivity contribution < 1.29 is 0 Å². The van der Waals surface area contributed by atoms with Gasteiger partial charge in [0.2, 0.25) is 0 Å². The van der Waals surface area contributed by atoms with Crippen LogP contribution in [0.15, 0.2) is 24.3 Å². The minimum absolute atomic E-state index is 0.512. The molecule has 2 rings (SSSR count). The maximum Gasteiger partial charge on any atom is 0.138 e. The van der Waals surface area contributed by atoms with Gasteiger partial charge in [-0.05, 0) is 37.1 Å². The molecule has 4 nitrogen and oxygen atoms in total. The Balaban J connectivity index is 2.43. The third kappa shape index (κ3) is 3.02. The Morgan fingerprint density at radius 1 is 1.05 bits per heavy atom. The predicted octanol–water partition coefficient (Wildman–Crippen LogP) is 3.01. The number of anilines is 3. The number of nitrogens with zero attached hydrogens (tertiary/aromatic N) is 3. The molecule has 0 aliphatic carbocycles. The molecule has 0 fully saturated rings. The van der Waals surface area contributed by atoms with Gasteiger partial charge in [0.25, 0.3) is 0 Å². The lowest BCUT2D eigenvalue weighted by molar-refractivity contribution is 0.931. The molecule has 0 bridgehead atoms.